The molecule has 2 rings (SSSR count). The molecule has 2 aromatic rings. The zero-order valence-corrected chi connectivity index (χ0v) is 16.9. The van der Waals surface area contributed by atoms with Gasteiger partial charge in [-0.05, 0) is 30.3 Å². The van der Waals surface area contributed by atoms with Crippen molar-refractivity contribution in [2.24, 2.45) is 0 Å². The molecule has 0 aliphatic carbocycles. The van der Waals surface area contributed by atoms with Crippen LogP contribution in [-0.4, -0.2) is 40.4 Å². The first-order valence-electron chi connectivity index (χ1n) is 8.01. The number of hydrogen-bond acceptors (Lipinski definition) is 5. The highest BCUT2D eigenvalue weighted by Crippen LogP contribution is 2.38. The Hall–Kier alpha value is -2.85. The number of carbonyl (C=O) groups is 1. The molecule has 7 heteroatoms. The second-order valence-electron chi connectivity index (χ2n) is 5.20. The van der Waals surface area contributed by atoms with Crippen LogP contribution in [0.4, 0.5) is 0 Å². The molecule has 1 N–H and O–H groups in total. The third-order valence-electron chi connectivity index (χ3n) is 3.50. The topological polar surface area (TPSA) is 66.0 Å². The summed E-state index contributed by atoms with van der Waals surface area (Å²) in [6, 6.07) is 10.7. The van der Waals surface area contributed by atoms with E-state index in [1.165, 1.54) is 21.3 Å². The van der Waals surface area contributed by atoms with E-state index in [2.05, 4.69) is 33.1 Å². The Morgan fingerprint density at radius 2 is 1.74 bits per heavy atom. The number of hydrogen-bond donors (Lipinski definition) is 1. The maximum atomic E-state index is 12.3. The largest absolute Gasteiger partial charge is 0.493 e. The van der Waals surface area contributed by atoms with Gasteiger partial charge >= 0.3 is 0 Å². The van der Waals surface area contributed by atoms with Crippen LogP contribution in [0.15, 0.2) is 40.9 Å². The fraction of sp³-hybridized carbons (Fsp3) is 0.250. The maximum Gasteiger partial charge on any atom is 0.252 e. The summed E-state index contributed by atoms with van der Waals surface area (Å²) >= 11 is 3.37. The molecule has 0 heterocycles. The van der Waals surface area contributed by atoms with Gasteiger partial charge in [0.2, 0.25) is 5.75 Å². The van der Waals surface area contributed by atoms with E-state index >= 15 is 0 Å². The van der Waals surface area contributed by atoms with Gasteiger partial charge in [-0.3, -0.25) is 4.79 Å². The number of nitrogens with one attached hydrogen (secondary N) is 1. The first-order chi connectivity index (χ1) is 13.1. The molecule has 0 aromatic heterocycles. The van der Waals surface area contributed by atoms with Gasteiger partial charge < -0.3 is 24.3 Å². The highest BCUT2D eigenvalue weighted by atomic mass is 79.9. The van der Waals surface area contributed by atoms with Crippen molar-refractivity contribution in [1.82, 2.24) is 5.32 Å². The van der Waals surface area contributed by atoms with E-state index in [-0.39, 0.29) is 19.1 Å². The van der Waals surface area contributed by atoms with Crippen molar-refractivity contribution in [3.63, 3.8) is 0 Å². The molecular weight excluding hydrogens is 414 g/mol. The molecule has 2 aromatic carbocycles. The van der Waals surface area contributed by atoms with E-state index in [1.54, 1.807) is 12.1 Å². The number of carbonyl (C=O) groups excluding carboxylic acids is 1. The molecule has 27 heavy (non-hydrogen) atoms. The lowest BCUT2D eigenvalue weighted by Gasteiger charge is -2.13. The van der Waals surface area contributed by atoms with Crippen LogP contribution in [0.1, 0.15) is 10.4 Å². The Morgan fingerprint density at radius 3 is 2.33 bits per heavy atom. The van der Waals surface area contributed by atoms with Gasteiger partial charge in [0.15, 0.2) is 11.5 Å². The number of ether oxygens (including phenoxy) is 4. The Bertz CT molecular complexity index is 832. The number of rotatable bonds is 7. The van der Waals surface area contributed by atoms with Gasteiger partial charge in [0.05, 0.1) is 27.9 Å². The third-order valence-corrected chi connectivity index (χ3v) is 3.99. The van der Waals surface area contributed by atoms with Gasteiger partial charge in [-0.25, -0.2) is 0 Å². The van der Waals surface area contributed by atoms with E-state index in [9.17, 15) is 4.79 Å². The molecule has 0 aliphatic rings. The summed E-state index contributed by atoms with van der Waals surface area (Å²) in [5, 5.41) is 2.72. The molecule has 0 spiro atoms. The van der Waals surface area contributed by atoms with Crippen LogP contribution < -0.4 is 24.3 Å². The molecule has 0 saturated heterocycles. The average Bonchev–Trinajstić information content (AvgIpc) is 2.69. The Labute approximate surface area is 166 Å². The van der Waals surface area contributed by atoms with Gasteiger partial charge in [-0.2, -0.15) is 0 Å². The molecule has 6 nitrogen and oxygen atoms in total. The SMILES string of the molecule is COc1cc(C(=O)NCC#CCOc2cccc(Br)c2)cc(OC)c1OC. The molecular formula is C20H20BrNO5. The van der Waals surface area contributed by atoms with Gasteiger partial charge in [-0.15, -0.1) is 0 Å². The molecule has 1 amide bonds. The van der Waals surface area contributed by atoms with Gasteiger partial charge in [-0.1, -0.05) is 33.8 Å². The van der Waals surface area contributed by atoms with E-state index < -0.39 is 0 Å². The normalized spacial score (nSPS) is 9.63. The van der Waals surface area contributed by atoms with Crippen molar-refractivity contribution in [3.05, 3.63) is 46.4 Å². The zero-order valence-electron chi connectivity index (χ0n) is 15.3. The predicted octanol–water partition coefficient (Wildman–Crippen LogP) is 3.29. The fourth-order valence-electron chi connectivity index (χ4n) is 2.23. The molecule has 0 bridgehead atoms. The van der Waals surface area contributed by atoms with E-state index in [1.807, 2.05) is 24.3 Å². The summed E-state index contributed by atoms with van der Waals surface area (Å²) in [4.78, 5) is 12.3. The van der Waals surface area contributed by atoms with Crippen LogP contribution in [0.3, 0.4) is 0 Å². The summed E-state index contributed by atoms with van der Waals surface area (Å²) in [6.45, 7) is 0.424. The summed E-state index contributed by atoms with van der Waals surface area (Å²) in [6.07, 6.45) is 0. The first-order valence-corrected chi connectivity index (χ1v) is 8.80. The van der Waals surface area contributed by atoms with E-state index in [0.717, 1.165) is 10.2 Å². The Kier molecular flexibility index (Phi) is 7.83. The van der Waals surface area contributed by atoms with Crippen molar-refractivity contribution < 1.29 is 23.7 Å². The number of methoxy groups -OCH3 is 3. The summed E-state index contributed by atoms with van der Waals surface area (Å²) in [7, 11) is 4.50. The summed E-state index contributed by atoms with van der Waals surface area (Å²) in [5.41, 5.74) is 0.386. The first kappa shape index (κ1) is 20.5. The Balaban J connectivity index is 1.91. The lowest BCUT2D eigenvalue weighted by Crippen LogP contribution is -2.23. The lowest BCUT2D eigenvalue weighted by atomic mass is 10.1. The van der Waals surface area contributed by atoms with Crippen LogP contribution in [0.25, 0.3) is 0 Å². The maximum absolute atomic E-state index is 12.3. The second-order valence-corrected chi connectivity index (χ2v) is 6.11. The zero-order chi connectivity index (χ0) is 19.6. The van der Waals surface area contributed by atoms with E-state index in [4.69, 9.17) is 18.9 Å². The minimum absolute atomic E-state index is 0.192. The monoisotopic (exact) mass is 433 g/mol. The quantitative estimate of drug-likeness (QED) is 0.678. The number of amides is 1. The molecule has 0 fully saturated rings. The average molecular weight is 434 g/mol. The van der Waals surface area contributed by atoms with Crippen LogP contribution >= 0.6 is 15.9 Å². The third kappa shape index (κ3) is 5.83. The molecule has 142 valence electrons. The minimum atomic E-state index is -0.295. The highest BCUT2D eigenvalue weighted by Gasteiger charge is 2.16. The molecule has 0 unspecified atom stereocenters. The fourth-order valence-corrected chi connectivity index (χ4v) is 2.61. The standard InChI is InChI=1S/C20H20BrNO5/c1-24-17-11-14(12-18(25-2)19(17)26-3)20(23)22-9-4-5-10-27-16-8-6-7-15(21)13-16/h6-8,11-13H,9-10H2,1-3H3,(H,22,23). The molecule has 0 atom stereocenters. The van der Waals surface area contributed by atoms with Crippen LogP contribution in [0, 0.1) is 11.8 Å². The van der Waals surface area contributed by atoms with Crippen molar-refractivity contribution in [2.45, 2.75) is 0 Å². The van der Waals surface area contributed by atoms with E-state index in [0.29, 0.717) is 22.8 Å². The minimum Gasteiger partial charge on any atom is -0.493 e. The van der Waals surface area contributed by atoms with Gasteiger partial charge in [0.1, 0.15) is 12.4 Å². The smallest absolute Gasteiger partial charge is 0.252 e. The van der Waals surface area contributed by atoms with Crippen molar-refractivity contribution in [2.75, 3.05) is 34.5 Å². The summed E-state index contributed by atoms with van der Waals surface area (Å²) in [5.74, 6) is 7.38. The predicted molar refractivity (Wildman–Crippen MR) is 106 cm³/mol. The number of halogens is 1. The highest BCUT2D eigenvalue weighted by molar-refractivity contribution is 9.10. The Morgan fingerprint density at radius 1 is 1.04 bits per heavy atom. The van der Waals surface area contributed by atoms with Crippen molar-refractivity contribution >= 4 is 21.8 Å². The van der Waals surface area contributed by atoms with Crippen LogP contribution in [-0.2, 0) is 0 Å². The van der Waals surface area contributed by atoms with Gasteiger partial charge in [0.25, 0.3) is 5.91 Å². The molecule has 0 radical (unpaired) electrons. The van der Waals surface area contributed by atoms with Crippen molar-refractivity contribution in [1.29, 1.82) is 0 Å². The number of benzene rings is 2. The second kappa shape index (κ2) is 10.3. The van der Waals surface area contributed by atoms with Crippen LogP contribution in [0.5, 0.6) is 23.0 Å². The molecule has 0 aliphatic heterocycles. The van der Waals surface area contributed by atoms with Gasteiger partial charge in [0, 0.05) is 10.0 Å². The lowest BCUT2D eigenvalue weighted by molar-refractivity contribution is 0.0958. The summed E-state index contributed by atoms with van der Waals surface area (Å²) < 4.78 is 22.2. The van der Waals surface area contributed by atoms with Crippen LogP contribution in [0.2, 0.25) is 0 Å². The van der Waals surface area contributed by atoms with Crippen molar-refractivity contribution in [3.8, 4) is 34.8 Å². The molecule has 0 saturated carbocycles.